The second-order valence-electron chi connectivity index (χ2n) is 9.88. The highest BCUT2D eigenvalue weighted by molar-refractivity contribution is 5.82. The van der Waals surface area contributed by atoms with E-state index >= 15 is 0 Å². The van der Waals surface area contributed by atoms with Crippen molar-refractivity contribution in [3.05, 3.63) is 11.1 Å². The predicted octanol–water partition coefficient (Wildman–Crippen LogP) is 4.37. The van der Waals surface area contributed by atoms with Crippen LogP contribution in [0.3, 0.4) is 0 Å². The Morgan fingerprint density at radius 3 is 2.60 bits per heavy atom. The number of ketones is 1. The van der Waals surface area contributed by atoms with Crippen LogP contribution in [0.25, 0.3) is 0 Å². The number of carbonyl (C=O) groups is 1. The Morgan fingerprint density at radius 1 is 1.20 bits per heavy atom. The van der Waals surface area contributed by atoms with Gasteiger partial charge < -0.3 is 5.11 Å². The summed E-state index contributed by atoms with van der Waals surface area (Å²) in [6, 6.07) is 0. The van der Waals surface area contributed by atoms with E-state index in [0.29, 0.717) is 41.8 Å². The lowest BCUT2D eigenvalue weighted by molar-refractivity contribution is -0.120. The van der Waals surface area contributed by atoms with Gasteiger partial charge in [-0.25, -0.2) is 0 Å². The van der Waals surface area contributed by atoms with E-state index in [9.17, 15) is 9.90 Å². The third kappa shape index (κ3) is 2.11. The van der Waals surface area contributed by atoms with Gasteiger partial charge in [-0.2, -0.15) is 0 Å². The van der Waals surface area contributed by atoms with Gasteiger partial charge in [0.05, 0.1) is 0 Å². The van der Waals surface area contributed by atoms with Crippen LogP contribution in [0.4, 0.5) is 0 Å². The lowest BCUT2D eigenvalue weighted by atomic mass is 9.47. The van der Waals surface area contributed by atoms with Gasteiger partial charge in [0.1, 0.15) is 11.4 Å². The average molecular weight is 341 g/mol. The zero-order valence-corrected chi connectivity index (χ0v) is 16.1. The molecule has 0 amide bonds. The molecule has 136 valence electrons. The summed E-state index contributed by atoms with van der Waals surface area (Å²) in [5.41, 5.74) is 1.91. The Labute approximate surface area is 152 Å². The quantitative estimate of drug-likeness (QED) is 0.525. The van der Waals surface area contributed by atoms with Crippen molar-refractivity contribution < 1.29 is 9.90 Å². The van der Waals surface area contributed by atoms with Crippen LogP contribution in [0.15, 0.2) is 11.1 Å². The summed E-state index contributed by atoms with van der Waals surface area (Å²) in [7, 11) is 0. The molecule has 25 heavy (non-hydrogen) atoms. The van der Waals surface area contributed by atoms with E-state index in [1.165, 1.54) is 5.57 Å². The third-order valence-electron chi connectivity index (χ3n) is 8.63. The fraction of sp³-hybridized carbons (Fsp3) is 0.783. The molecule has 0 aromatic heterocycles. The Kier molecular flexibility index (Phi) is 3.79. The number of carbonyl (C=O) groups excluding carboxylic acids is 1. The molecular formula is C23H32O2. The molecule has 8 atom stereocenters. The Bertz CT molecular complexity index is 683. The van der Waals surface area contributed by atoms with E-state index in [1.54, 1.807) is 5.57 Å². The second kappa shape index (κ2) is 5.46. The minimum absolute atomic E-state index is 0.161. The SMILES string of the molecule is C#C[C@]1(O)[C@H](C)CC2C3C(C)CC4=C(CCC(=O)C4)C3[C@@H](C)C[C@@]21C. The topological polar surface area (TPSA) is 37.3 Å². The largest absolute Gasteiger partial charge is 0.377 e. The summed E-state index contributed by atoms with van der Waals surface area (Å²) in [5.74, 6) is 6.20. The van der Waals surface area contributed by atoms with Crippen LogP contribution in [-0.2, 0) is 4.79 Å². The Morgan fingerprint density at radius 2 is 1.92 bits per heavy atom. The zero-order chi connectivity index (χ0) is 18.1. The van der Waals surface area contributed by atoms with Gasteiger partial charge in [-0.05, 0) is 61.2 Å². The fourth-order valence-electron chi connectivity index (χ4n) is 7.63. The zero-order valence-electron chi connectivity index (χ0n) is 16.1. The molecule has 0 bridgehead atoms. The van der Waals surface area contributed by atoms with Crippen molar-refractivity contribution in [2.45, 2.75) is 71.8 Å². The van der Waals surface area contributed by atoms with E-state index in [2.05, 4.69) is 33.6 Å². The van der Waals surface area contributed by atoms with Crippen molar-refractivity contribution >= 4 is 5.78 Å². The third-order valence-corrected chi connectivity index (χ3v) is 8.63. The molecule has 2 heteroatoms. The molecule has 0 aromatic carbocycles. The number of hydrogen-bond donors (Lipinski definition) is 1. The Hall–Kier alpha value is -1.07. The Balaban J connectivity index is 1.79. The maximum atomic E-state index is 12.0. The van der Waals surface area contributed by atoms with Gasteiger partial charge in [0.25, 0.3) is 0 Å². The van der Waals surface area contributed by atoms with Crippen molar-refractivity contribution in [1.29, 1.82) is 0 Å². The van der Waals surface area contributed by atoms with Gasteiger partial charge in [0.15, 0.2) is 0 Å². The summed E-state index contributed by atoms with van der Waals surface area (Å²) >= 11 is 0. The molecule has 0 spiro atoms. The fourth-order valence-corrected chi connectivity index (χ4v) is 7.63. The van der Waals surface area contributed by atoms with Gasteiger partial charge in [0.2, 0.25) is 0 Å². The van der Waals surface area contributed by atoms with E-state index in [-0.39, 0.29) is 11.3 Å². The van der Waals surface area contributed by atoms with Crippen molar-refractivity contribution in [2.24, 2.45) is 40.9 Å². The number of rotatable bonds is 0. The van der Waals surface area contributed by atoms with Crippen LogP contribution in [0, 0.1) is 53.3 Å². The maximum Gasteiger partial charge on any atom is 0.137 e. The molecule has 4 unspecified atom stereocenters. The lowest BCUT2D eigenvalue weighted by Crippen LogP contribution is -2.55. The first kappa shape index (κ1) is 17.3. The van der Waals surface area contributed by atoms with E-state index in [0.717, 1.165) is 32.1 Å². The van der Waals surface area contributed by atoms with E-state index in [1.807, 2.05) is 0 Å². The molecule has 0 saturated heterocycles. The van der Waals surface area contributed by atoms with Crippen LogP contribution in [0.1, 0.15) is 66.2 Å². The molecule has 4 aliphatic rings. The minimum Gasteiger partial charge on any atom is -0.377 e. The number of Topliss-reactive ketones (excluding diaryl/α,β-unsaturated/α-hetero) is 1. The van der Waals surface area contributed by atoms with Crippen LogP contribution in [0.2, 0.25) is 0 Å². The van der Waals surface area contributed by atoms with Crippen LogP contribution >= 0.6 is 0 Å². The van der Waals surface area contributed by atoms with Gasteiger partial charge in [-0.1, -0.05) is 44.8 Å². The van der Waals surface area contributed by atoms with E-state index in [4.69, 9.17) is 6.42 Å². The monoisotopic (exact) mass is 340 g/mol. The molecule has 0 heterocycles. The van der Waals surface area contributed by atoms with Gasteiger partial charge >= 0.3 is 0 Å². The first-order valence-corrected chi connectivity index (χ1v) is 10.2. The molecular weight excluding hydrogens is 308 g/mol. The molecule has 1 N–H and O–H groups in total. The van der Waals surface area contributed by atoms with Gasteiger partial charge in [-0.3, -0.25) is 4.79 Å². The number of aliphatic hydroxyl groups is 1. The van der Waals surface area contributed by atoms with Crippen LogP contribution < -0.4 is 0 Å². The van der Waals surface area contributed by atoms with Crippen molar-refractivity contribution in [3.63, 3.8) is 0 Å². The van der Waals surface area contributed by atoms with Gasteiger partial charge in [-0.15, -0.1) is 6.42 Å². The molecule has 2 saturated carbocycles. The molecule has 0 aliphatic heterocycles. The van der Waals surface area contributed by atoms with Gasteiger partial charge in [0, 0.05) is 18.3 Å². The number of terminal acetylenes is 1. The first-order valence-electron chi connectivity index (χ1n) is 10.2. The summed E-state index contributed by atoms with van der Waals surface area (Å²) in [5, 5.41) is 11.4. The van der Waals surface area contributed by atoms with Crippen molar-refractivity contribution in [2.75, 3.05) is 0 Å². The summed E-state index contributed by atoms with van der Waals surface area (Å²) in [6.07, 6.45) is 11.4. The highest BCUT2D eigenvalue weighted by Gasteiger charge is 2.66. The second-order valence-corrected chi connectivity index (χ2v) is 9.88. The maximum absolute atomic E-state index is 12.0. The molecule has 4 aliphatic carbocycles. The van der Waals surface area contributed by atoms with Crippen LogP contribution in [0.5, 0.6) is 0 Å². The van der Waals surface area contributed by atoms with Crippen molar-refractivity contribution in [3.8, 4) is 12.3 Å². The minimum atomic E-state index is -0.978. The highest BCUT2D eigenvalue weighted by Crippen LogP contribution is 2.67. The molecule has 2 fully saturated rings. The average Bonchev–Trinajstić information content (AvgIpc) is 2.75. The van der Waals surface area contributed by atoms with E-state index < -0.39 is 5.60 Å². The highest BCUT2D eigenvalue weighted by atomic mass is 16.3. The molecule has 4 rings (SSSR count). The van der Waals surface area contributed by atoms with Crippen LogP contribution in [-0.4, -0.2) is 16.5 Å². The lowest BCUT2D eigenvalue weighted by Gasteiger charge is -2.57. The summed E-state index contributed by atoms with van der Waals surface area (Å²) < 4.78 is 0. The molecule has 2 nitrogen and oxygen atoms in total. The standard InChI is InChI=1S/C23H32O2/c1-6-23(25)15(4)10-19-21-13(2)9-16-11-17(24)7-8-18(16)20(21)14(3)12-22(19,23)5/h1,13-15,19-21,25H,7-12H2,2-5H3/t13?,14-,15+,19?,20?,21?,22-,23-/m0/s1. The number of allylic oxidation sites excluding steroid dienone is 2. The van der Waals surface area contributed by atoms with Crippen molar-refractivity contribution in [1.82, 2.24) is 0 Å². The number of fused-ring (bicyclic) bond motifs is 4. The predicted molar refractivity (Wildman–Crippen MR) is 99.6 cm³/mol. The molecule has 0 radical (unpaired) electrons. The molecule has 0 aromatic rings. The first-order chi connectivity index (χ1) is 11.7. The summed E-state index contributed by atoms with van der Waals surface area (Å²) in [6.45, 7) is 9.13. The summed E-state index contributed by atoms with van der Waals surface area (Å²) in [4.78, 5) is 12.0. The smallest absolute Gasteiger partial charge is 0.137 e. The number of hydrogen-bond acceptors (Lipinski definition) is 2. The normalized spacial score (nSPS) is 52.2.